The average Bonchev–Trinajstić information content (AvgIpc) is 2.49. The monoisotopic (exact) mass is 342 g/mol. The molecule has 0 aliphatic heterocycles. The maximum absolute atomic E-state index is 12.8. The van der Waals surface area contributed by atoms with Crippen molar-refractivity contribution in [1.82, 2.24) is 0 Å². The first-order valence-electron chi connectivity index (χ1n) is 9.66. The minimum absolute atomic E-state index is 0.175. The second kappa shape index (κ2) is 11.5. The predicted molar refractivity (Wildman–Crippen MR) is 97.9 cm³/mol. The Labute approximate surface area is 148 Å². The van der Waals surface area contributed by atoms with Crippen molar-refractivity contribution < 1.29 is 19.4 Å². The molecule has 2 unspecified atom stereocenters. The number of carbonyl (C=O) groups excluding carboxylic acids is 1. The third-order valence-corrected chi connectivity index (χ3v) is 4.96. The van der Waals surface area contributed by atoms with E-state index in [-0.39, 0.29) is 12.0 Å². The maximum Gasteiger partial charge on any atom is 0.324 e. The van der Waals surface area contributed by atoms with Crippen LogP contribution in [0, 0.1) is 17.3 Å². The molecular formula is C20H38O4. The molecule has 0 saturated heterocycles. The lowest BCUT2D eigenvalue weighted by atomic mass is 9.72. The highest BCUT2D eigenvalue weighted by molar-refractivity contribution is 5.99. The van der Waals surface area contributed by atoms with Crippen LogP contribution in [0.15, 0.2) is 0 Å². The Hall–Kier alpha value is -1.06. The summed E-state index contributed by atoms with van der Waals surface area (Å²) in [6, 6.07) is 0. The Morgan fingerprint density at radius 3 is 2.04 bits per heavy atom. The molecule has 4 heteroatoms. The van der Waals surface area contributed by atoms with Gasteiger partial charge in [-0.05, 0) is 43.9 Å². The summed E-state index contributed by atoms with van der Waals surface area (Å²) in [4.78, 5) is 24.8. The van der Waals surface area contributed by atoms with Gasteiger partial charge in [0.1, 0.15) is 6.10 Å². The third-order valence-electron chi connectivity index (χ3n) is 4.96. The standard InChI is InChI=1S/C20H38O4/c1-7-9-10-11-12-17(8-2)24-19(23)20(16(5)6,18(21)22)14-13-15(3)4/h15-17H,7-14H2,1-6H3,(H,21,22). The average molecular weight is 343 g/mol. The van der Waals surface area contributed by atoms with Gasteiger partial charge < -0.3 is 9.84 Å². The van der Waals surface area contributed by atoms with Crippen molar-refractivity contribution in [1.29, 1.82) is 0 Å². The number of carboxylic acids is 1. The number of hydrogen-bond donors (Lipinski definition) is 1. The highest BCUT2D eigenvalue weighted by atomic mass is 16.5. The van der Waals surface area contributed by atoms with Crippen molar-refractivity contribution in [3.05, 3.63) is 0 Å². The van der Waals surface area contributed by atoms with Crippen LogP contribution in [0.5, 0.6) is 0 Å². The molecular weight excluding hydrogens is 304 g/mol. The van der Waals surface area contributed by atoms with Gasteiger partial charge in [0.2, 0.25) is 0 Å². The van der Waals surface area contributed by atoms with Gasteiger partial charge in [-0.15, -0.1) is 0 Å². The SMILES string of the molecule is CCCCCCC(CC)OC(=O)C(CCC(C)C)(C(=O)O)C(C)C. The minimum atomic E-state index is -1.43. The number of rotatable bonds is 13. The number of aliphatic carboxylic acids is 1. The lowest BCUT2D eigenvalue weighted by Crippen LogP contribution is -2.46. The molecule has 0 aromatic carbocycles. The summed E-state index contributed by atoms with van der Waals surface area (Å²) in [7, 11) is 0. The van der Waals surface area contributed by atoms with Gasteiger partial charge >= 0.3 is 11.9 Å². The molecule has 142 valence electrons. The van der Waals surface area contributed by atoms with E-state index in [2.05, 4.69) is 6.92 Å². The van der Waals surface area contributed by atoms with Gasteiger partial charge in [0, 0.05) is 0 Å². The molecule has 0 saturated carbocycles. The summed E-state index contributed by atoms with van der Waals surface area (Å²) in [6.07, 6.45) is 6.92. The molecule has 0 rings (SSSR count). The summed E-state index contributed by atoms with van der Waals surface area (Å²) in [5.41, 5.74) is -1.43. The number of hydrogen-bond acceptors (Lipinski definition) is 3. The Balaban J connectivity index is 5.04. The largest absolute Gasteiger partial charge is 0.480 e. The van der Waals surface area contributed by atoms with E-state index in [4.69, 9.17) is 4.74 Å². The van der Waals surface area contributed by atoms with E-state index in [1.165, 1.54) is 12.8 Å². The summed E-state index contributed by atoms with van der Waals surface area (Å²) in [5.74, 6) is -1.54. The Morgan fingerprint density at radius 1 is 1.00 bits per heavy atom. The van der Waals surface area contributed by atoms with Crippen LogP contribution in [-0.2, 0) is 14.3 Å². The normalized spacial score (nSPS) is 15.3. The van der Waals surface area contributed by atoms with Gasteiger partial charge in [0.05, 0.1) is 0 Å². The second-order valence-electron chi connectivity index (χ2n) is 7.65. The van der Waals surface area contributed by atoms with Crippen molar-refractivity contribution >= 4 is 11.9 Å². The van der Waals surface area contributed by atoms with E-state index in [0.717, 1.165) is 25.7 Å². The summed E-state index contributed by atoms with van der Waals surface area (Å²) in [6.45, 7) is 11.8. The van der Waals surface area contributed by atoms with E-state index in [1.54, 1.807) is 13.8 Å². The van der Waals surface area contributed by atoms with Gasteiger partial charge in [-0.2, -0.15) is 0 Å². The molecule has 0 spiro atoms. The first kappa shape index (κ1) is 22.9. The predicted octanol–water partition coefficient (Wildman–Crippen LogP) is 5.44. The van der Waals surface area contributed by atoms with Crippen LogP contribution in [0.4, 0.5) is 0 Å². The first-order valence-corrected chi connectivity index (χ1v) is 9.66. The number of carboxylic acid groups (broad SMARTS) is 1. The number of unbranched alkanes of at least 4 members (excludes halogenated alkanes) is 3. The molecule has 0 fully saturated rings. The van der Waals surface area contributed by atoms with Gasteiger partial charge in [-0.3, -0.25) is 9.59 Å². The minimum Gasteiger partial charge on any atom is -0.480 e. The molecule has 1 N–H and O–H groups in total. The van der Waals surface area contributed by atoms with Crippen molar-refractivity contribution in [3.8, 4) is 0 Å². The molecule has 0 aromatic heterocycles. The fraction of sp³-hybridized carbons (Fsp3) is 0.900. The van der Waals surface area contributed by atoms with E-state index in [1.807, 2.05) is 20.8 Å². The van der Waals surface area contributed by atoms with Crippen LogP contribution in [-0.4, -0.2) is 23.1 Å². The van der Waals surface area contributed by atoms with Crippen molar-refractivity contribution in [3.63, 3.8) is 0 Å². The molecule has 0 aliphatic rings. The Kier molecular flexibility index (Phi) is 11.0. The molecule has 0 heterocycles. The first-order chi connectivity index (χ1) is 11.2. The topological polar surface area (TPSA) is 63.6 Å². The lowest BCUT2D eigenvalue weighted by Gasteiger charge is -2.33. The fourth-order valence-electron chi connectivity index (χ4n) is 2.99. The Morgan fingerprint density at radius 2 is 1.62 bits per heavy atom. The number of carbonyl (C=O) groups is 2. The number of ether oxygens (including phenoxy) is 1. The molecule has 24 heavy (non-hydrogen) atoms. The van der Waals surface area contributed by atoms with E-state index >= 15 is 0 Å². The molecule has 2 atom stereocenters. The van der Waals surface area contributed by atoms with Crippen LogP contribution in [0.1, 0.15) is 92.9 Å². The van der Waals surface area contributed by atoms with E-state index in [9.17, 15) is 14.7 Å². The summed E-state index contributed by atoms with van der Waals surface area (Å²) >= 11 is 0. The highest BCUT2D eigenvalue weighted by Crippen LogP contribution is 2.37. The van der Waals surface area contributed by atoms with E-state index in [0.29, 0.717) is 18.8 Å². The highest BCUT2D eigenvalue weighted by Gasteiger charge is 2.50. The van der Waals surface area contributed by atoms with E-state index < -0.39 is 17.4 Å². The molecule has 0 amide bonds. The van der Waals surface area contributed by atoms with Crippen LogP contribution in [0.3, 0.4) is 0 Å². The quantitative estimate of drug-likeness (QED) is 0.275. The molecule has 4 nitrogen and oxygen atoms in total. The van der Waals surface area contributed by atoms with Gasteiger partial charge in [0.15, 0.2) is 5.41 Å². The van der Waals surface area contributed by atoms with Crippen LogP contribution in [0.25, 0.3) is 0 Å². The van der Waals surface area contributed by atoms with Gasteiger partial charge in [-0.25, -0.2) is 0 Å². The molecule has 0 aliphatic carbocycles. The number of esters is 1. The van der Waals surface area contributed by atoms with Crippen LogP contribution < -0.4 is 0 Å². The summed E-state index contributed by atoms with van der Waals surface area (Å²) < 4.78 is 5.68. The van der Waals surface area contributed by atoms with Crippen molar-refractivity contribution in [2.45, 2.75) is 99.0 Å². The molecule has 0 bridgehead atoms. The zero-order valence-corrected chi connectivity index (χ0v) is 16.6. The van der Waals surface area contributed by atoms with Gasteiger partial charge in [0.25, 0.3) is 0 Å². The smallest absolute Gasteiger partial charge is 0.324 e. The van der Waals surface area contributed by atoms with Gasteiger partial charge in [-0.1, -0.05) is 60.8 Å². The lowest BCUT2D eigenvalue weighted by molar-refractivity contribution is -0.177. The fourth-order valence-corrected chi connectivity index (χ4v) is 2.99. The summed E-state index contributed by atoms with van der Waals surface area (Å²) in [5, 5.41) is 9.81. The zero-order chi connectivity index (χ0) is 18.8. The van der Waals surface area contributed by atoms with Crippen LogP contribution in [0.2, 0.25) is 0 Å². The molecule has 0 radical (unpaired) electrons. The van der Waals surface area contributed by atoms with Crippen molar-refractivity contribution in [2.24, 2.45) is 17.3 Å². The molecule has 0 aromatic rings. The van der Waals surface area contributed by atoms with Crippen molar-refractivity contribution in [2.75, 3.05) is 0 Å². The third kappa shape index (κ3) is 6.82. The van der Waals surface area contributed by atoms with Crippen LogP contribution >= 0.6 is 0 Å². The zero-order valence-electron chi connectivity index (χ0n) is 16.6. The second-order valence-corrected chi connectivity index (χ2v) is 7.65. The maximum atomic E-state index is 12.8. The Bertz CT molecular complexity index is 376.